The van der Waals surface area contributed by atoms with Crippen molar-refractivity contribution < 1.29 is 4.39 Å². The monoisotopic (exact) mass is 222 g/mol. The molecular weight excluding hydrogens is 203 g/mol. The van der Waals surface area contributed by atoms with E-state index in [2.05, 4.69) is 4.90 Å². The molecule has 1 aliphatic rings. The van der Waals surface area contributed by atoms with E-state index in [0.717, 1.165) is 32.6 Å². The minimum absolute atomic E-state index is 0.159. The summed E-state index contributed by atoms with van der Waals surface area (Å²) in [5, 5.41) is 0. The van der Waals surface area contributed by atoms with Gasteiger partial charge in [-0.15, -0.1) is 0 Å². The maximum atomic E-state index is 12.7. The number of hydrogen-bond donors (Lipinski definition) is 1. The van der Waals surface area contributed by atoms with Gasteiger partial charge in [-0.3, -0.25) is 0 Å². The zero-order valence-corrected chi connectivity index (χ0v) is 9.53. The van der Waals surface area contributed by atoms with E-state index in [9.17, 15) is 4.39 Å². The summed E-state index contributed by atoms with van der Waals surface area (Å²) in [6.45, 7) is 4.13. The van der Waals surface area contributed by atoms with Crippen LogP contribution < -0.4 is 5.73 Å². The van der Waals surface area contributed by atoms with Crippen LogP contribution in [0, 0.1) is 11.7 Å². The first-order valence-corrected chi connectivity index (χ1v) is 5.95. The standard InChI is InChI=1S/C13H19FN2/c14-13-3-1-11(2-4-13)5-7-16-8-6-12(9-15)10-16/h1-4,12H,5-10,15H2. The number of benzene rings is 1. The Morgan fingerprint density at radius 1 is 1.31 bits per heavy atom. The molecule has 1 atom stereocenters. The minimum atomic E-state index is -0.159. The highest BCUT2D eigenvalue weighted by molar-refractivity contribution is 5.16. The van der Waals surface area contributed by atoms with Gasteiger partial charge in [0.25, 0.3) is 0 Å². The molecule has 0 saturated carbocycles. The number of likely N-dealkylation sites (tertiary alicyclic amines) is 1. The molecule has 1 unspecified atom stereocenters. The Morgan fingerprint density at radius 2 is 2.06 bits per heavy atom. The first kappa shape index (κ1) is 11.6. The summed E-state index contributed by atoms with van der Waals surface area (Å²) >= 11 is 0. The van der Waals surface area contributed by atoms with Crippen molar-refractivity contribution in [2.75, 3.05) is 26.2 Å². The smallest absolute Gasteiger partial charge is 0.123 e. The van der Waals surface area contributed by atoms with Crippen molar-refractivity contribution in [3.8, 4) is 0 Å². The molecule has 0 aliphatic carbocycles. The van der Waals surface area contributed by atoms with Crippen LogP contribution in [0.2, 0.25) is 0 Å². The third kappa shape index (κ3) is 3.03. The molecule has 2 N–H and O–H groups in total. The van der Waals surface area contributed by atoms with E-state index in [0.29, 0.717) is 5.92 Å². The summed E-state index contributed by atoms with van der Waals surface area (Å²) in [5.41, 5.74) is 6.86. The molecule has 88 valence electrons. The maximum absolute atomic E-state index is 12.7. The van der Waals surface area contributed by atoms with Crippen molar-refractivity contribution in [3.63, 3.8) is 0 Å². The zero-order valence-electron chi connectivity index (χ0n) is 9.53. The Balaban J connectivity index is 1.77. The van der Waals surface area contributed by atoms with Gasteiger partial charge in [0.2, 0.25) is 0 Å². The Labute approximate surface area is 96.2 Å². The number of nitrogens with zero attached hydrogens (tertiary/aromatic N) is 1. The van der Waals surface area contributed by atoms with E-state index >= 15 is 0 Å². The maximum Gasteiger partial charge on any atom is 0.123 e. The van der Waals surface area contributed by atoms with Crippen molar-refractivity contribution in [1.29, 1.82) is 0 Å². The number of rotatable bonds is 4. The normalized spacial score (nSPS) is 21.5. The lowest BCUT2D eigenvalue weighted by Crippen LogP contribution is -2.25. The average molecular weight is 222 g/mol. The van der Waals surface area contributed by atoms with Gasteiger partial charge >= 0.3 is 0 Å². The Kier molecular flexibility index (Phi) is 3.91. The van der Waals surface area contributed by atoms with Gasteiger partial charge in [-0.2, -0.15) is 0 Å². The third-order valence-corrected chi connectivity index (χ3v) is 3.33. The Morgan fingerprint density at radius 3 is 2.69 bits per heavy atom. The quantitative estimate of drug-likeness (QED) is 0.839. The molecule has 3 heteroatoms. The fourth-order valence-electron chi connectivity index (χ4n) is 2.25. The van der Waals surface area contributed by atoms with Crippen LogP contribution in [0.4, 0.5) is 4.39 Å². The first-order valence-electron chi connectivity index (χ1n) is 5.95. The number of halogens is 1. The van der Waals surface area contributed by atoms with Crippen LogP contribution in [-0.4, -0.2) is 31.1 Å². The highest BCUT2D eigenvalue weighted by atomic mass is 19.1. The second-order valence-corrected chi connectivity index (χ2v) is 4.57. The Bertz CT molecular complexity index is 323. The van der Waals surface area contributed by atoms with E-state index in [4.69, 9.17) is 5.73 Å². The minimum Gasteiger partial charge on any atom is -0.330 e. The van der Waals surface area contributed by atoms with Crippen LogP contribution in [-0.2, 0) is 6.42 Å². The highest BCUT2D eigenvalue weighted by Gasteiger charge is 2.20. The van der Waals surface area contributed by atoms with Crippen LogP contribution in [0.25, 0.3) is 0 Å². The van der Waals surface area contributed by atoms with Crippen LogP contribution in [0.5, 0.6) is 0 Å². The summed E-state index contributed by atoms with van der Waals surface area (Å²) in [5.74, 6) is 0.515. The molecule has 16 heavy (non-hydrogen) atoms. The topological polar surface area (TPSA) is 29.3 Å². The lowest BCUT2D eigenvalue weighted by molar-refractivity contribution is 0.329. The predicted molar refractivity (Wildman–Crippen MR) is 63.7 cm³/mol. The summed E-state index contributed by atoms with van der Waals surface area (Å²) in [6, 6.07) is 6.79. The van der Waals surface area contributed by atoms with Crippen LogP contribution in [0.15, 0.2) is 24.3 Å². The van der Waals surface area contributed by atoms with Crippen LogP contribution in [0.3, 0.4) is 0 Å². The lowest BCUT2D eigenvalue weighted by Gasteiger charge is -2.15. The molecule has 0 bridgehead atoms. The van der Waals surface area contributed by atoms with Gasteiger partial charge in [0, 0.05) is 13.1 Å². The molecule has 1 aromatic rings. The number of hydrogen-bond acceptors (Lipinski definition) is 2. The average Bonchev–Trinajstić information content (AvgIpc) is 2.76. The van der Waals surface area contributed by atoms with E-state index in [-0.39, 0.29) is 5.82 Å². The lowest BCUT2D eigenvalue weighted by atomic mass is 10.1. The second-order valence-electron chi connectivity index (χ2n) is 4.57. The van der Waals surface area contributed by atoms with Crippen molar-refractivity contribution in [1.82, 2.24) is 4.90 Å². The van der Waals surface area contributed by atoms with Crippen molar-refractivity contribution in [2.45, 2.75) is 12.8 Å². The molecule has 0 radical (unpaired) electrons. The van der Waals surface area contributed by atoms with Gasteiger partial charge in [0.15, 0.2) is 0 Å². The van der Waals surface area contributed by atoms with Crippen LogP contribution in [0.1, 0.15) is 12.0 Å². The summed E-state index contributed by atoms with van der Waals surface area (Å²) in [4.78, 5) is 2.45. The molecule has 0 spiro atoms. The fourth-order valence-corrected chi connectivity index (χ4v) is 2.25. The van der Waals surface area contributed by atoms with Gasteiger partial charge in [0.1, 0.15) is 5.82 Å². The van der Waals surface area contributed by atoms with E-state index < -0.39 is 0 Å². The van der Waals surface area contributed by atoms with E-state index in [1.165, 1.54) is 24.1 Å². The first-order chi connectivity index (χ1) is 7.78. The molecule has 2 rings (SSSR count). The van der Waals surface area contributed by atoms with Gasteiger partial charge in [-0.1, -0.05) is 12.1 Å². The molecular formula is C13H19FN2. The van der Waals surface area contributed by atoms with Crippen molar-refractivity contribution in [2.24, 2.45) is 11.7 Å². The third-order valence-electron chi connectivity index (χ3n) is 3.33. The molecule has 2 nitrogen and oxygen atoms in total. The second kappa shape index (κ2) is 5.41. The molecule has 1 fully saturated rings. The Hall–Kier alpha value is -0.930. The van der Waals surface area contributed by atoms with E-state index in [1.54, 1.807) is 0 Å². The van der Waals surface area contributed by atoms with Crippen molar-refractivity contribution in [3.05, 3.63) is 35.6 Å². The largest absolute Gasteiger partial charge is 0.330 e. The summed E-state index contributed by atoms with van der Waals surface area (Å²) in [7, 11) is 0. The summed E-state index contributed by atoms with van der Waals surface area (Å²) in [6.07, 6.45) is 2.22. The van der Waals surface area contributed by atoms with Gasteiger partial charge < -0.3 is 10.6 Å². The molecule has 0 amide bonds. The highest BCUT2D eigenvalue weighted by Crippen LogP contribution is 2.15. The molecule has 1 aromatic carbocycles. The fraction of sp³-hybridized carbons (Fsp3) is 0.538. The summed E-state index contributed by atoms with van der Waals surface area (Å²) < 4.78 is 12.7. The van der Waals surface area contributed by atoms with E-state index in [1.807, 2.05) is 12.1 Å². The molecule has 1 heterocycles. The van der Waals surface area contributed by atoms with Gasteiger partial charge in [-0.25, -0.2) is 4.39 Å². The van der Waals surface area contributed by atoms with Gasteiger partial charge in [0.05, 0.1) is 0 Å². The predicted octanol–water partition coefficient (Wildman–Crippen LogP) is 1.65. The zero-order chi connectivity index (χ0) is 11.4. The van der Waals surface area contributed by atoms with Gasteiger partial charge in [-0.05, 0) is 49.5 Å². The van der Waals surface area contributed by atoms with Crippen molar-refractivity contribution >= 4 is 0 Å². The molecule has 1 saturated heterocycles. The molecule has 0 aromatic heterocycles. The van der Waals surface area contributed by atoms with Crippen LogP contribution >= 0.6 is 0 Å². The number of nitrogens with two attached hydrogens (primary N) is 1. The molecule has 1 aliphatic heterocycles. The SMILES string of the molecule is NCC1CCN(CCc2ccc(F)cc2)C1.